The van der Waals surface area contributed by atoms with Gasteiger partial charge in [0.2, 0.25) is 0 Å². The fourth-order valence-corrected chi connectivity index (χ4v) is 2.26. The molecule has 2 aromatic heterocycles. The smallest absolute Gasteiger partial charge is 0.166 e. The van der Waals surface area contributed by atoms with Crippen molar-refractivity contribution in [2.75, 3.05) is 0 Å². The highest BCUT2D eigenvalue weighted by molar-refractivity contribution is 9.10. The van der Waals surface area contributed by atoms with Crippen LogP contribution in [0.3, 0.4) is 0 Å². The first kappa shape index (κ1) is 12.5. The molecule has 0 radical (unpaired) electrons. The highest BCUT2D eigenvalue weighted by Gasteiger charge is 2.17. The van der Waals surface area contributed by atoms with Crippen LogP contribution in [0.5, 0.6) is 0 Å². The summed E-state index contributed by atoms with van der Waals surface area (Å²) < 4.78 is 5.86. The Morgan fingerprint density at radius 3 is 2.53 bits per heavy atom. The highest BCUT2D eigenvalue weighted by atomic mass is 79.9. The largest absolute Gasteiger partial charge is 0.361 e. The van der Waals surface area contributed by atoms with E-state index in [1.807, 2.05) is 20.8 Å². The lowest BCUT2D eigenvalue weighted by Crippen LogP contribution is -1.98. The molecule has 0 aliphatic heterocycles. The quantitative estimate of drug-likeness (QED) is 0.792. The van der Waals surface area contributed by atoms with Gasteiger partial charge in [0.15, 0.2) is 5.82 Å². The molecular weight excluding hydrogens is 305 g/mol. The van der Waals surface area contributed by atoms with Crippen molar-refractivity contribution in [3.05, 3.63) is 26.8 Å². The Kier molecular flexibility index (Phi) is 3.49. The molecule has 90 valence electrons. The van der Waals surface area contributed by atoms with E-state index < -0.39 is 0 Å². The summed E-state index contributed by atoms with van der Waals surface area (Å²) in [5.74, 6) is 1.26. The summed E-state index contributed by atoms with van der Waals surface area (Å²) in [5, 5.41) is 4.30. The van der Waals surface area contributed by atoms with E-state index in [2.05, 4.69) is 31.1 Å². The number of hydrogen-bond acceptors (Lipinski definition) is 4. The second-order valence-electron chi connectivity index (χ2n) is 3.65. The third-order valence-electron chi connectivity index (χ3n) is 2.47. The van der Waals surface area contributed by atoms with Crippen molar-refractivity contribution in [3.63, 3.8) is 0 Å². The third kappa shape index (κ3) is 2.21. The van der Waals surface area contributed by atoms with Crippen LogP contribution in [-0.4, -0.2) is 15.1 Å². The SMILES string of the molecule is CCc1nc(-c2c(C)noc2C)nc(Cl)c1Br. The molecule has 0 aliphatic carbocycles. The van der Waals surface area contributed by atoms with Gasteiger partial charge in [-0.15, -0.1) is 0 Å². The zero-order valence-corrected chi connectivity index (χ0v) is 12.1. The van der Waals surface area contributed by atoms with E-state index in [1.54, 1.807) is 0 Å². The maximum absolute atomic E-state index is 6.07. The van der Waals surface area contributed by atoms with Gasteiger partial charge in [-0.05, 0) is 36.2 Å². The van der Waals surface area contributed by atoms with Crippen LogP contribution in [0.4, 0.5) is 0 Å². The fourth-order valence-electron chi connectivity index (χ4n) is 1.61. The molecular formula is C11H11BrClN3O. The summed E-state index contributed by atoms with van der Waals surface area (Å²) in [6, 6.07) is 0. The van der Waals surface area contributed by atoms with Crippen molar-refractivity contribution in [2.24, 2.45) is 0 Å². The Morgan fingerprint density at radius 2 is 2.00 bits per heavy atom. The lowest BCUT2D eigenvalue weighted by Gasteiger charge is -2.06. The second-order valence-corrected chi connectivity index (χ2v) is 4.80. The van der Waals surface area contributed by atoms with E-state index in [9.17, 15) is 0 Å². The van der Waals surface area contributed by atoms with E-state index in [4.69, 9.17) is 16.1 Å². The first-order valence-electron chi connectivity index (χ1n) is 5.19. The number of aromatic nitrogens is 3. The van der Waals surface area contributed by atoms with E-state index in [1.165, 1.54) is 0 Å². The van der Waals surface area contributed by atoms with Crippen LogP contribution in [0.15, 0.2) is 9.00 Å². The average Bonchev–Trinajstić information content (AvgIpc) is 2.62. The molecule has 6 heteroatoms. The number of halogens is 2. The summed E-state index contributed by atoms with van der Waals surface area (Å²) in [5.41, 5.74) is 2.46. The predicted molar refractivity (Wildman–Crippen MR) is 69.1 cm³/mol. The van der Waals surface area contributed by atoms with E-state index in [0.717, 1.165) is 27.8 Å². The molecule has 0 atom stereocenters. The van der Waals surface area contributed by atoms with Crippen molar-refractivity contribution in [1.82, 2.24) is 15.1 Å². The normalized spacial score (nSPS) is 10.9. The molecule has 17 heavy (non-hydrogen) atoms. The minimum Gasteiger partial charge on any atom is -0.361 e. The van der Waals surface area contributed by atoms with Gasteiger partial charge in [-0.1, -0.05) is 23.7 Å². The van der Waals surface area contributed by atoms with Crippen molar-refractivity contribution in [1.29, 1.82) is 0 Å². The van der Waals surface area contributed by atoms with Gasteiger partial charge in [-0.25, -0.2) is 9.97 Å². The Labute approximate surface area is 113 Å². The predicted octanol–water partition coefficient (Wildman–Crippen LogP) is 3.73. The Balaban J connectivity index is 2.65. The van der Waals surface area contributed by atoms with Gasteiger partial charge in [-0.2, -0.15) is 0 Å². The molecule has 2 aromatic rings. The van der Waals surface area contributed by atoms with Crippen LogP contribution in [0.1, 0.15) is 24.1 Å². The maximum Gasteiger partial charge on any atom is 0.166 e. The van der Waals surface area contributed by atoms with Gasteiger partial charge in [0.1, 0.15) is 10.9 Å². The third-order valence-corrected chi connectivity index (χ3v) is 3.81. The minimum atomic E-state index is 0.409. The van der Waals surface area contributed by atoms with E-state index >= 15 is 0 Å². The Morgan fingerprint density at radius 1 is 1.29 bits per heavy atom. The van der Waals surface area contributed by atoms with Crippen LogP contribution < -0.4 is 0 Å². The zero-order chi connectivity index (χ0) is 12.6. The molecule has 0 spiro atoms. The molecule has 0 aromatic carbocycles. The van der Waals surface area contributed by atoms with Crippen molar-refractivity contribution in [3.8, 4) is 11.4 Å². The standard InChI is InChI=1S/C11H11BrClN3O/c1-4-7-9(12)10(13)15-11(14-7)8-5(2)16-17-6(8)3/h4H2,1-3H3. The molecule has 4 nitrogen and oxygen atoms in total. The first-order chi connectivity index (χ1) is 8.04. The van der Waals surface area contributed by atoms with Crippen molar-refractivity contribution < 1.29 is 4.52 Å². The van der Waals surface area contributed by atoms with Crippen LogP contribution >= 0.6 is 27.5 Å². The molecule has 0 saturated heterocycles. The molecule has 0 aliphatic rings. The van der Waals surface area contributed by atoms with Crippen LogP contribution in [0.2, 0.25) is 5.15 Å². The van der Waals surface area contributed by atoms with Crippen LogP contribution in [0.25, 0.3) is 11.4 Å². The summed E-state index contributed by atoms with van der Waals surface area (Å²) in [4.78, 5) is 8.73. The number of hydrogen-bond donors (Lipinski definition) is 0. The minimum absolute atomic E-state index is 0.409. The molecule has 0 N–H and O–H groups in total. The maximum atomic E-state index is 6.07. The molecule has 0 fully saturated rings. The average molecular weight is 317 g/mol. The lowest BCUT2D eigenvalue weighted by molar-refractivity contribution is 0.393. The molecule has 0 amide bonds. The van der Waals surface area contributed by atoms with Gasteiger partial charge in [-0.3, -0.25) is 0 Å². The van der Waals surface area contributed by atoms with E-state index in [-0.39, 0.29) is 0 Å². The molecule has 0 saturated carbocycles. The monoisotopic (exact) mass is 315 g/mol. The topological polar surface area (TPSA) is 51.8 Å². The van der Waals surface area contributed by atoms with Gasteiger partial charge < -0.3 is 4.52 Å². The van der Waals surface area contributed by atoms with Crippen LogP contribution in [-0.2, 0) is 6.42 Å². The molecule has 0 bridgehead atoms. The van der Waals surface area contributed by atoms with Gasteiger partial charge in [0.25, 0.3) is 0 Å². The molecule has 2 heterocycles. The summed E-state index contributed by atoms with van der Waals surface area (Å²) in [6.07, 6.45) is 0.777. The summed E-state index contributed by atoms with van der Waals surface area (Å²) in [6.45, 7) is 5.71. The number of rotatable bonds is 2. The second kappa shape index (κ2) is 4.74. The van der Waals surface area contributed by atoms with Gasteiger partial charge in [0.05, 0.1) is 21.4 Å². The summed E-state index contributed by atoms with van der Waals surface area (Å²) in [7, 11) is 0. The van der Waals surface area contributed by atoms with Crippen molar-refractivity contribution in [2.45, 2.75) is 27.2 Å². The Bertz CT molecular complexity index is 549. The summed E-state index contributed by atoms with van der Waals surface area (Å²) >= 11 is 9.45. The number of aryl methyl sites for hydroxylation is 3. The fraction of sp³-hybridized carbons (Fsp3) is 0.364. The Hall–Kier alpha value is -0.940. The van der Waals surface area contributed by atoms with Crippen LogP contribution in [0, 0.1) is 13.8 Å². The first-order valence-corrected chi connectivity index (χ1v) is 6.36. The van der Waals surface area contributed by atoms with Gasteiger partial charge in [0, 0.05) is 0 Å². The number of nitrogens with zero attached hydrogens (tertiary/aromatic N) is 3. The van der Waals surface area contributed by atoms with E-state index in [0.29, 0.717) is 16.7 Å². The lowest BCUT2D eigenvalue weighted by atomic mass is 10.2. The molecule has 2 rings (SSSR count). The highest BCUT2D eigenvalue weighted by Crippen LogP contribution is 2.29. The zero-order valence-electron chi connectivity index (χ0n) is 9.71. The van der Waals surface area contributed by atoms with Crippen molar-refractivity contribution >= 4 is 27.5 Å². The van der Waals surface area contributed by atoms with Gasteiger partial charge >= 0.3 is 0 Å². The molecule has 0 unspecified atom stereocenters.